The van der Waals surface area contributed by atoms with E-state index >= 15 is 0 Å². The fourth-order valence-electron chi connectivity index (χ4n) is 2.75. The lowest BCUT2D eigenvalue weighted by Gasteiger charge is -2.22. The molecule has 0 heterocycles. The van der Waals surface area contributed by atoms with E-state index in [1.807, 2.05) is 12.1 Å². The van der Waals surface area contributed by atoms with Crippen LogP contribution in [0.3, 0.4) is 0 Å². The third-order valence-electron chi connectivity index (χ3n) is 4.08. The Morgan fingerprint density at radius 2 is 1.89 bits per heavy atom. The molecule has 0 bridgehead atoms. The number of aliphatic hydroxyl groups excluding tert-OH is 1. The number of hydrogen-bond donors (Lipinski definition) is 2. The Bertz CT molecular complexity index is 369. The van der Waals surface area contributed by atoms with Crippen LogP contribution in [0.25, 0.3) is 0 Å². The molecule has 1 saturated carbocycles. The summed E-state index contributed by atoms with van der Waals surface area (Å²) >= 11 is 0. The van der Waals surface area contributed by atoms with Gasteiger partial charge in [-0.05, 0) is 48.8 Å². The van der Waals surface area contributed by atoms with Crippen molar-refractivity contribution < 1.29 is 5.11 Å². The van der Waals surface area contributed by atoms with Crippen LogP contribution < -0.4 is 5.32 Å². The minimum Gasteiger partial charge on any atom is -0.392 e. The molecule has 0 spiro atoms. The van der Waals surface area contributed by atoms with Crippen molar-refractivity contribution >= 4 is 5.69 Å². The Labute approximate surface area is 110 Å². The first-order chi connectivity index (χ1) is 8.59. The second kappa shape index (κ2) is 5.75. The Morgan fingerprint density at radius 1 is 1.17 bits per heavy atom. The second-order valence-electron chi connectivity index (χ2n) is 6.29. The molecule has 1 aliphatic rings. The van der Waals surface area contributed by atoms with Gasteiger partial charge in [0.1, 0.15) is 0 Å². The summed E-state index contributed by atoms with van der Waals surface area (Å²) in [7, 11) is 0. The first-order valence-corrected chi connectivity index (χ1v) is 7.05. The molecule has 100 valence electrons. The third kappa shape index (κ3) is 3.74. The zero-order valence-corrected chi connectivity index (χ0v) is 11.6. The van der Waals surface area contributed by atoms with Crippen LogP contribution in [-0.4, -0.2) is 11.1 Å². The molecular weight excluding hydrogens is 222 g/mol. The van der Waals surface area contributed by atoms with Crippen LogP contribution in [0.4, 0.5) is 5.69 Å². The van der Waals surface area contributed by atoms with Gasteiger partial charge in [-0.1, -0.05) is 32.4 Å². The summed E-state index contributed by atoms with van der Waals surface area (Å²) in [4.78, 5) is 0. The van der Waals surface area contributed by atoms with Crippen molar-refractivity contribution in [2.45, 2.75) is 58.6 Å². The summed E-state index contributed by atoms with van der Waals surface area (Å²) in [5.74, 6) is 0. The molecule has 2 nitrogen and oxygen atoms in total. The zero-order valence-electron chi connectivity index (χ0n) is 11.6. The first-order valence-electron chi connectivity index (χ1n) is 7.05. The van der Waals surface area contributed by atoms with Crippen LogP contribution in [0.15, 0.2) is 24.3 Å². The van der Waals surface area contributed by atoms with Crippen LogP contribution in [0.2, 0.25) is 0 Å². The molecule has 0 aliphatic heterocycles. The number of nitrogens with one attached hydrogen (secondary N) is 1. The molecule has 18 heavy (non-hydrogen) atoms. The molecule has 1 aliphatic carbocycles. The summed E-state index contributed by atoms with van der Waals surface area (Å²) in [5, 5.41) is 12.7. The van der Waals surface area contributed by atoms with E-state index in [2.05, 4.69) is 31.3 Å². The largest absolute Gasteiger partial charge is 0.392 e. The number of hydrogen-bond acceptors (Lipinski definition) is 2. The van der Waals surface area contributed by atoms with Gasteiger partial charge in [0.15, 0.2) is 0 Å². The molecule has 1 aromatic carbocycles. The molecule has 2 N–H and O–H groups in total. The van der Waals surface area contributed by atoms with E-state index in [0.717, 1.165) is 5.56 Å². The van der Waals surface area contributed by atoms with Gasteiger partial charge in [0.05, 0.1) is 6.61 Å². The molecule has 1 aromatic rings. The molecule has 0 aromatic heterocycles. The maximum absolute atomic E-state index is 9.02. The highest BCUT2D eigenvalue weighted by Gasteiger charge is 2.24. The van der Waals surface area contributed by atoms with Gasteiger partial charge >= 0.3 is 0 Å². The lowest BCUT2D eigenvalue weighted by atomic mass is 9.85. The van der Waals surface area contributed by atoms with Gasteiger partial charge in [-0.25, -0.2) is 0 Å². The van der Waals surface area contributed by atoms with Crippen LogP contribution in [0, 0.1) is 5.41 Å². The van der Waals surface area contributed by atoms with Gasteiger partial charge in [-0.2, -0.15) is 0 Å². The van der Waals surface area contributed by atoms with Crippen molar-refractivity contribution in [3.63, 3.8) is 0 Å². The molecule has 1 atom stereocenters. The summed E-state index contributed by atoms with van der Waals surface area (Å²) in [5.41, 5.74) is 2.66. The third-order valence-corrected chi connectivity index (χ3v) is 4.08. The van der Waals surface area contributed by atoms with E-state index in [4.69, 9.17) is 5.11 Å². The van der Waals surface area contributed by atoms with Gasteiger partial charge in [0, 0.05) is 11.7 Å². The lowest BCUT2D eigenvalue weighted by Crippen LogP contribution is -2.19. The van der Waals surface area contributed by atoms with Gasteiger partial charge in [0.25, 0.3) is 0 Å². The highest BCUT2D eigenvalue weighted by atomic mass is 16.3. The van der Waals surface area contributed by atoms with Crippen molar-refractivity contribution in [3.8, 4) is 0 Å². The van der Waals surface area contributed by atoms with Crippen molar-refractivity contribution in [2.75, 3.05) is 5.32 Å². The maximum atomic E-state index is 9.02. The van der Waals surface area contributed by atoms with Crippen molar-refractivity contribution in [1.29, 1.82) is 0 Å². The number of benzene rings is 1. The molecule has 2 heteroatoms. The first kappa shape index (κ1) is 13.4. The molecule has 0 saturated heterocycles. The molecule has 1 fully saturated rings. The molecule has 1 unspecified atom stereocenters. The topological polar surface area (TPSA) is 32.3 Å². The quantitative estimate of drug-likeness (QED) is 0.793. The monoisotopic (exact) mass is 247 g/mol. The van der Waals surface area contributed by atoms with E-state index in [1.54, 1.807) is 0 Å². The van der Waals surface area contributed by atoms with Crippen LogP contribution in [0.5, 0.6) is 0 Å². The Kier molecular flexibility index (Phi) is 4.28. The van der Waals surface area contributed by atoms with Crippen LogP contribution in [-0.2, 0) is 6.61 Å². The normalized spacial score (nSPS) is 23.4. The smallest absolute Gasteiger partial charge is 0.0681 e. The van der Waals surface area contributed by atoms with Gasteiger partial charge in [-0.3, -0.25) is 0 Å². The summed E-state index contributed by atoms with van der Waals surface area (Å²) < 4.78 is 0. The average Bonchev–Trinajstić information content (AvgIpc) is 2.52. The number of anilines is 1. The highest BCUT2D eigenvalue weighted by molar-refractivity contribution is 5.45. The number of aliphatic hydroxyl groups is 1. The van der Waals surface area contributed by atoms with Gasteiger partial charge in [0.2, 0.25) is 0 Å². The Balaban J connectivity index is 1.92. The van der Waals surface area contributed by atoms with E-state index in [0.29, 0.717) is 11.5 Å². The van der Waals surface area contributed by atoms with Crippen LogP contribution >= 0.6 is 0 Å². The van der Waals surface area contributed by atoms with E-state index < -0.39 is 0 Å². The maximum Gasteiger partial charge on any atom is 0.0681 e. The second-order valence-corrected chi connectivity index (χ2v) is 6.29. The molecule has 2 rings (SSSR count). The minimum absolute atomic E-state index is 0.123. The van der Waals surface area contributed by atoms with Gasteiger partial charge < -0.3 is 10.4 Å². The van der Waals surface area contributed by atoms with Crippen molar-refractivity contribution in [2.24, 2.45) is 5.41 Å². The zero-order chi connectivity index (χ0) is 13.0. The standard InChI is InChI=1S/C16H25NO/c1-16(2)10-3-4-14(9-11-16)17-15-7-5-13(12-18)6-8-15/h5-8,14,17-18H,3-4,9-12H2,1-2H3. The average molecular weight is 247 g/mol. The summed E-state index contributed by atoms with van der Waals surface area (Å²) in [6.07, 6.45) is 6.49. The molecule has 0 amide bonds. The summed E-state index contributed by atoms with van der Waals surface area (Å²) in [6, 6.07) is 8.72. The SMILES string of the molecule is CC1(C)CCCC(Nc2ccc(CO)cc2)CC1. The Morgan fingerprint density at radius 3 is 2.56 bits per heavy atom. The molecular formula is C16H25NO. The summed E-state index contributed by atoms with van der Waals surface area (Å²) in [6.45, 7) is 4.88. The Hall–Kier alpha value is -1.02. The van der Waals surface area contributed by atoms with Gasteiger partial charge in [-0.15, -0.1) is 0 Å². The molecule has 0 radical (unpaired) electrons. The fourth-order valence-corrected chi connectivity index (χ4v) is 2.75. The van der Waals surface area contributed by atoms with Crippen molar-refractivity contribution in [1.82, 2.24) is 0 Å². The van der Waals surface area contributed by atoms with Crippen LogP contribution in [0.1, 0.15) is 51.5 Å². The van der Waals surface area contributed by atoms with E-state index in [-0.39, 0.29) is 6.61 Å². The predicted octanol–water partition coefficient (Wildman–Crippen LogP) is 3.95. The van der Waals surface area contributed by atoms with E-state index in [9.17, 15) is 0 Å². The van der Waals surface area contributed by atoms with Crippen molar-refractivity contribution in [3.05, 3.63) is 29.8 Å². The number of rotatable bonds is 3. The fraction of sp³-hybridized carbons (Fsp3) is 0.625. The van der Waals surface area contributed by atoms with E-state index in [1.165, 1.54) is 37.8 Å². The minimum atomic E-state index is 0.123. The lowest BCUT2D eigenvalue weighted by molar-refractivity contribution is 0.282. The predicted molar refractivity (Wildman–Crippen MR) is 76.6 cm³/mol. The highest BCUT2D eigenvalue weighted by Crippen LogP contribution is 2.34.